The van der Waals surface area contributed by atoms with Crippen molar-refractivity contribution >= 4 is 22.9 Å². The summed E-state index contributed by atoms with van der Waals surface area (Å²) in [6.45, 7) is 4.33. The average molecular weight is 247 g/mol. The van der Waals surface area contributed by atoms with Crippen molar-refractivity contribution in [2.45, 2.75) is 45.6 Å². The van der Waals surface area contributed by atoms with Gasteiger partial charge in [-0.2, -0.15) is 0 Å². The van der Waals surface area contributed by atoms with Crippen LogP contribution in [0.5, 0.6) is 0 Å². The van der Waals surface area contributed by atoms with Gasteiger partial charge in [0, 0.05) is 4.88 Å². The standard InChI is InChI=1S/C12H19ClOS/c1-3-5-9(6-4-2)12(14)10-7-8-11(13)15-10/h7-9,12,14H,3-6H2,1-2H3. The van der Waals surface area contributed by atoms with E-state index in [0.717, 1.165) is 34.9 Å². The SMILES string of the molecule is CCCC(CCC)C(O)c1ccc(Cl)s1. The van der Waals surface area contributed by atoms with Crippen molar-refractivity contribution in [3.63, 3.8) is 0 Å². The van der Waals surface area contributed by atoms with Crippen LogP contribution >= 0.6 is 22.9 Å². The van der Waals surface area contributed by atoms with E-state index >= 15 is 0 Å². The molecule has 1 atom stereocenters. The van der Waals surface area contributed by atoms with Crippen LogP contribution in [0.15, 0.2) is 12.1 Å². The molecular weight excluding hydrogens is 228 g/mol. The Bertz CT molecular complexity index is 279. The predicted octanol–water partition coefficient (Wildman–Crippen LogP) is 4.65. The zero-order valence-corrected chi connectivity index (χ0v) is 10.9. The van der Waals surface area contributed by atoms with Gasteiger partial charge in [0.05, 0.1) is 10.4 Å². The lowest BCUT2D eigenvalue weighted by Gasteiger charge is -2.20. The van der Waals surface area contributed by atoms with Crippen LogP contribution in [0.3, 0.4) is 0 Å². The second-order valence-corrected chi connectivity index (χ2v) is 5.67. The maximum absolute atomic E-state index is 10.2. The molecular formula is C12H19ClOS. The number of aliphatic hydroxyl groups is 1. The van der Waals surface area contributed by atoms with Gasteiger partial charge in [-0.1, -0.05) is 38.3 Å². The van der Waals surface area contributed by atoms with Crippen molar-refractivity contribution in [3.05, 3.63) is 21.3 Å². The molecule has 0 bridgehead atoms. The summed E-state index contributed by atoms with van der Waals surface area (Å²) < 4.78 is 0.760. The fourth-order valence-corrected chi connectivity index (χ4v) is 3.06. The first-order chi connectivity index (χ1) is 7.19. The molecule has 0 spiro atoms. The van der Waals surface area contributed by atoms with Crippen LogP contribution in [0.4, 0.5) is 0 Å². The fourth-order valence-electron chi connectivity index (χ4n) is 1.92. The van der Waals surface area contributed by atoms with Crippen molar-refractivity contribution in [1.82, 2.24) is 0 Å². The van der Waals surface area contributed by atoms with Crippen molar-refractivity contribution < 1.29 is 5.11 Å². The van der Waals surface area contributed by atoms with Gasteiger partial charge >= 0.3 is 0 Å². The lowest BCUT2D eigenvalue weighted by atomic mass is 9.91. The lowest BCUT2D eigenvalue weighted by molar-refractivity contribution is 0.0997. The maximum atomic E-state index is 10.2. The summed E-state index contributed by atoms with van der Waals surface area (Å²) >= 11 is 7.36. The molecule has 1 aromatic rings. The minimum Gasteiger partial charge on any atom is -0.387 e. The van der Waals surface area contributed by atoms with E-state index in [1.165, 1.54) is 11.3 Å². The Morgan fingerprint density at radius 2 is 1.87 bits per heavy atom. The molecule has 0 aromatic carbocycles. The number of rotatable bonds is 6. The third kappa shape index (κ3) is 3.78. The van der Waals surface area contributed by atoms with Gasteiger partial charge in [-0.25, -0.2) is 0 Å². The molecule has 86 valence electrons. The van der Waals surface area contributed by atoms with E-state index in [4.69, 9.17) is 11.6 Å². The predicted molar refractivity (Wildman–Crippen MR) is 67.6 cm³/mol. The third-order valence-corrected chi connectivity index (χ3v) is 3.95. The van der Waals surface area contributed by atoms with Crippen molar-refractivity contribution in [2.24, 2.45) is 5.92 Å². The highest BCUT2D eigenvalue weighted by Gasteiger charge is 2.20. The molecule has 0 aliphatic rings. The number of aliphatic hydroxyl groups excluding tert-OH is 1. The van der Waals surface area contributed by atoms with Crippen LogP contribution < -0.4 is 0 Å². The highest BCUT2D eigenvalue weighted by molar-refractivity contribution is 7.16. The van der Waals surface area contributed by atoms with E-state index in [1.54, 1.807) is 0 Å². The summed E-state index contributed by atoms with van der Waals surface area (Å²) in [7, 11) is 0. The molecule has 0 radical (unpaired) electrons. The second-order valence-electron chi connectivity index (χ2n) is 3.92. The molecule has 0 saturated heterocycles. The first kappa shape index (κ1) is 13.0. The number of thiophene rings is 1. The minimum absolute atomic E-state index is 0.331. The Morgan fingerprint density at radius 1 is 1.27 bits per heavy atom. The first-order valence-corrected chi connectivity index (χ1v) is 6.81. The summed E-state index contributed by atoms with van der Waals surface area (Å²) in [6, 6.07) is 3.80. The van der Waals surface area contributed by atoms with Crippen LogP contribution in [0.2, 0.25) is 4.34 Å². The first-order valence-electron chi connectivity index (χ1n) is 5.62. The van der Waals surface area contributed by atoms with Crippen LogP contribution in [-0.2, 0) is 0 Å². The summed E-state index contributed by atoms with van der Waals surface area (Å²) in [5, 5.41) is 10.2. The van der Waals surface area contributed by atoms with Crippen LogP contribution in [0.1, 0.15) is 50.5 Å². The van der Waals surface area contributed by atoms with Crippen LogP contribution in [0.25, 0.3) is 0 Å². The van der Waals surface area contributed by atoms with E-state index in [2.05, 4.69) is 13.8 Å². The monoisotopic (exact) mass is 246 g/mol. The van der Waals surface area contributed by atoms with Crippen molar-refractivity contribution in [2.75, 3.05) is 0 Å². The Balaban J connectivity index is 2.66. The molecule has 1 aromatic heterocycles. The molecule has 1 heterocycles. The molecule has 0 amide bonds. The fraction of sp³-hybridized carbons (Fsp3) is 0.667. The molecule has 1 nitrogen and oxygen atoms in total. The molecule has 15 heavy (non-hydrogen) atoms. The van der Waals surface area contributed by atoms with E-state index in [1.807, 2.05) is 12.1 Å². The van der Waals surface area contributed by atoms with Gasteiger partial charge in [0.2, 0.25) is 0 Å². The Kier molecular flexibility index (Phi) is 5.65. The smallest absolute Gasteiger partial charge is 0.0932 e. The van der Waals surface area contributed by atoms with E-state index in [9.17, 15) is 5.11 Å². The topological polar surface area (TPSA) is 20.2 Å². The molecule has 3 heteroatoms. The van der Waals surface area contributed by atoms with Gasteiger partial charge in [-0.05, 0) is 30.9 Å². The molecule has 0 fully saturated rings. The normalized spacial score (nSPS) is 13.4. The Hall–Kier alpha value is -0.0500. The Morgan fingerprint density at radius 3 is 2.27 bits per heavy atom. The second kappa shape index (κ2) is 6.51. The van der Waals surface area contributed by atoms with E-state index in [-0.39, 0.29) is 6.10 Å². The minimum atomic E-state index is -0.331. The van der Waals surface area contributed by atoms with Gasteiger partial charge in [-0.3, -0.25) is 0 Å². The third-order valence-electron chi connectivity index (χ3n) is 2.65. The summed E-state index contributed by atoms with van der Waals surface area (Å²) in [6.07, 6.45) is 4.10. The molecule has 0 aliphatic carbocycles. The Labute approximate surface area is 101 Å². The van der Waals surface area contributed by atoms with E-state index in [0.29, 0.717) is 5.92 Å². The van der Waals surface area contributed by atoms with Gasteiger partial charge in [0.25, 0.3) is 0 Å². The number of hydrogen-bond acceptors (Lipinski definition) is 2. The highest BCUT2D eigenvalue weighted by atomic mass is 35.5. The summed E-state index contributed by atoms with van der Waals surface area (Å²) in [5.41, 5.74) is 0. The largest absolute Gasteiger partial charge is 0.387 e. The van der Waals surface area contributed by atoms with Crippen molar-refractivity contribution in [1.29, 1.82) is 0 Å². The maximum Gasteiger partial charge on any atom is 0.0932 e. The molecule has 1 rings (SSSR count). The van der Waals surface area contributed by atoms with Crippen molar-refractivity contribution in [3.8, 4) is 0 Å². The zero-order valence-electron chi connectivity index (χ0n) is 9.37. The average Bonchev–Trinajstić information content (AvgIpc) is 2.63. The lowest BCUT2D eigenvalue weighted by Crippen LogP contribution is -2.11. The van der Waals surface area contributed by atoms with Gasteiger partial charge in [-0.15, -0.1) is 11.3 Å². The van der Waals surface area contributed by atoms with Gasteiger partial charge < -0.3 is 5.11 Å². The molecule has 0 saturated carbocycles. The van der Waals surface area contributed by atoms with E-state index < -0.39 is 0 Å². The number of hydrogen-bond donors (Lipinski definition) is 1. The van der Waals surface area contributed by atoms with Gasteiger partial charge in [0.15, 0.2) is 0 Å². The quantitative estimate of drug-likeness (QED) is 0.775. The zero-order chi connectivity index (χ0) is 11.3. The molecule has 1 N–H and O–H groups in total. The molecule has 1 unspecified atom stereocenters. The van der Waals surface area contributed by atoms with Crippen LogP contribution in [0, 0.1) is 5.92 Å². The summed E-state index contributed by atoms with van der Waals surface area (Å²) in [4.78, 5) is 1.01. The van der Waals surface area contributed by atoms with Crippen LogP contribution in [-0.4, -0.2) is 5.11 Å². The van der Waals surface area contributed by atoms with Gasteiger partial charge in [0.1, 0.15) is 0 Å². The highest BCUT2D eigenvalue weighted by Crippen LogP contribution is 2.34. The molecule has 0 aliphatic heterocycles. The summed E-state index contributed by atoms with van der Waals surface area (Å²) in [5.74, 6) is 0.384. The number of halogens is 1.